The summed E-state index contributed by atoms with van der Waals surface area (Å²) < 4.78 is 0. The predicted molar refractivity (Wildman–Crippen MR) is 47.0 cm³/mol. The highest BCUT2D eigenvalue weighted by molar-refractivity contribution is 5.81. The number of aliphatic imine (C=N–C) groups is 2. The Balaban J connectivity index is 3.03. The first-order chi connectivity index (χ1) is 5.44. The summed E-state index contributed by atoms with van der Waals surface area (Å²) in [6.07, 6.45) is 0. The summed E-state index contributed by atoms with van der Waals surface area (Å²) in [5.41, 5.74) is -1.36. The second-order valence-electron chi connectivity index (χ2n) is 3.38. The molecule has 0 saturated heterocycles. The van der Waals surface area contributed by atoms with Crippen molar-refractivity contribution < 1.29 is 9.90 Å². The fourth-order valence-corrected chi connectivity index (χ4v) is 1.75. The van der Waals surface area contributed by atoms with Crippen LogP contribution in [0.25, 0.3) is 0 Å². The van der Waals surface area contributed by atoms with Crippen molar-refractivity contribution in [3.8, 4) is 0 Å². The van der Waals surface area contributed by atoms with Crippen LogP contribution in [0.4, 0.5) is 0 Å². The Morgan fingerprint density at radius 3 is 1.75 bits per heavy atom. The van der Waals surface area contributed by atoms with Crippen LogP contribution in [-0.2, 0) is 4.79 Å². The lowest BCUT2D eigenvalue weighted by Gasteiger charge is -2.05. The van der Waals surface area contributed by atoms with Gasteiger partial charge >= 0.3 is 5.97 Å². The van der Waals surface area contributed by atoms with Gasteiger partial charge in [0.1, 0.15) is 5.92 Å². The Bertz CT molecular complexity index is 244. The number of hydrogen-bond acceptors (Lipinski definition) is 3. The van der Waals surface area contributed by atoms with Crippen LogP contribution in [0.2, 0.25) is 0 Å². The van der Waals surface area contributed by atoms with Gasteiger partial charge in [-0.2, -0.15) is 0 Å². The predicted octanol–water partition coefficient (Wildman–Crippen LogP) is 0.619. The zero-order chi connectivity index (χ0) is 9.57. The molecule has 0 amide bonds. The molecule has 66 valence electrons. The highest BCUT2D eigenvalue weighted by Crippen LogP contribution is 2.59. The maximum atomic E-state index is 10.7. The van der Waals surface area contributed by atoms with Gasteiger partial charge in [-0.1, -0.05) is 0 Å². The second-order valence-corrected chi connectivity index (χ2v) is 3.38. The minimum atomic E-state index is -0.889. The molecule has 4 heteroatoms. The molecule has 0 bridgehead atoms. The number of rotatable bonds is 3. The topological polar surface area (TPSA) is 62.0 Å². The molecule has 4 nitrogen and oxygen atoms in total. The molecule has 1 fully saturated rings. The third-order valence-corrected chi connectivity index (χ3v) is 2.97. The Hall–Kier alpha value is -1.19. The largest absolute Gasteiger partial charge is 0.481 e. The van der Waals surface area contributed by atoms with E-state index in [0.717, 1.165) is 0 Å². The van der Waals surface area contributed by atoms with E-state index in [2.05, 4.69) is 23.4 Å². The Kier molecular flexibility index (Phi) is 1.60. The number of nitrogens with zero attached hydrogens (tertiary/aromatic N) is 2. The van der Waals surface area contributed by atoms with Gasteiger partial charge in [0.15, 0.2) is 0 Å². The summed E-state index contributed by atoms with van der Waals surface area (Å²) in [6, 6.07) is 0. The standard InChI is InChI=1S/C8H12N2O2/c1-7(9-3)5(6(11)12)8(7,2)10-4/h5H,3-4H2,1-2H3,(H,11,12). The molecule has 1 aliphatic rings. The Morgan fingerprint density at radius 2 is 1.67 bits per heavy atom. The lowest BCUT2D eigenvalue weighted by Crippen LogP contribution is -2.13. The van der Waals surface area contributed by atoms with E-state index in [1.54, 1.807) is 13.8 Å². The van der Waals surface area contributed by atoms with Gasteiger partial charge in [-0.15, -0.1) is 0 Å². The van der Waals surface area contributed by atoms with E-state index < -0.39 is 23.0 Å². The van der Waals surface area contributed by atoms with Crippen molar-refractivity contribution in [2.75, 3.05) is 0 Å². The third kappa shape index (κ3) is 0.695. The average Bonchev–Trinajstić information content (AvgIpc) is 2.51. The normalized spacial score (nSPS) is 45.0. The first-order valence-electron chi connectivity index (χ1n) is 3.62. The lowest BCUT2D eigenvalue weighted by molar-refractivity contribution is -0.139. The first kappa shape index (κ1) is 8.90. The van der Waals surface area contributed by atoms with Crippen LogP contribution in [0.3, 0.4) is 0 Å². The summed E-state index contributed by atoms with van der Waals surface area (Å²) in [5.74, 6) is -1.47. The van der Waals surface area contributed by atoms with Crippen molar-refractivity contribution in [1.82, 2.24) is 0 Å². The number of carboxylic acids is 1. The van der Waals surface area contributed by atoms with E-state index >= 15 is 0 Å². The van der Waals surface area contributed by atoms with E-state index in [1.807, 2.05) is 0 Å². The second kappa shape index (κ2) is 2.15. The first-order valence-corrected chi connectivity index (χ1v) is 3.62. The molecular weight excluding hydrogens is 156 g/mol. The fraction of sp³-hybridized carbons (Fsp3) is 0.625. The molecule has 1 N–H and O–H groups in total. The number of carbonyl (C=O) groups is 1. The van der Waals surface area contributed by atoms with E-state index in [-0.39, 0.29) is 0 Å². The molecule has 0 aromatic carbocycles. The highest BCUT2D eigenvalue weighted by Gasteiger charge is 2.75. The van der Waals surface area contributed by atoms with Gasteiger partial charge in [0.2, 0.25) is 0 Å². The van der Waals surface area contributed by atoms with Crippen molar-refractivity contribution in [2.45, 2.75) is 24.9 Å². The van der Waals surface area contributed by atoms with Crippen LogP contribution < -0.4 is 0 Å². The zero-order valence-corrected chi connectivity index (χ0v) is 7.24. The average molecular weight is 168 g/mol. The summed E-state index contributed by atoms with van der Waals surface area (Å²) in [6.45, 7) is 10.2. The molecule has 0 spiro atoms. The molecule has 12 heavy (non-hydrogen) atoms. The summed E-state index contributed by atoms with van der Waals surface area (Å²) >= 11 is 0. The molecule has 0 heterocycles. The van der Waals surface area contributed by atoms with Gasteiger partial charge in [0, 0.05) is 0 Å². The molecule has 0 aromatic rings. The van der Waals surface area contributed by atoms with E-state index in [1.165, 1.54) is 0 Å². The van der Waals surface area contributed by atoms with Crippen molar-refractivity contribution >= 4 is 19.4 Å². The van der Waals surface area contributed by atoms with E-state index in [4.69, 9.17) is 5.11 Å². The van der Waals surface area contributed by atoms with Gasteiger partial charge in [-0.3, -0.25) is 14.8 Å². The smallest absolute Gasteiger partial charge is 0.311 e. The minimum Gasteiger partial charge on any atom is -0.481 e. The maximum absolute atomic E-state index is 10.7. The molecule has 1 rings (SSSR count). The van der Waals surface area contributed by atoms with Crippen LogP contribution in [0.15, 0.2) is 9.98 Å². The number of carboxylic acid groups (broad SMARTS) is 1. The van der Waals surface area contributed by atoms with Crippen molar-refractivity contribution in [3.05, 3.63) is 0 Å². The quantitative estimate of drug-likeness (QED) is 0.628. The Morgan fingerprint density at radius 1 is 1.33 bits per heavy atom. The van der Waals surface area contributed by atoms with E-state index in [0.29, 0.717) is 0 Å². The fourth-order valence-electron chi connectivity index (χ4n) is 1.75. The number of hydrogen-bond donors (Lipinski definition) is 1. The molecule has 2 atom stereocenters. The van der Waals surface area contributed by atoms with Crippen LogP contribution in [-0.4, -0.2) is 35.6 Å². The molecule has 1 aliphatic carbocycles. The van der Waals surface area contributed by atoms with Gasteiger partial charge in [0.25, 0.3) is 0 Å². The summed E-state index contributed by atoms with van der Waals surface area (Å²) in [4.78, 5) is 18.3. The highest BCUT2D eigenvalue weighted by atomic mass is 16.4. The zero-order valence-electron chi connectivity index (χ0n) is 7.24. The monoisotopic (exact) mass is 168 g/mol. The maximum Gasteiger partial charge on any atom is 0.311 e. The van der Waals surface area contributed by atoms with Crippen molar-refractivity contribution in [1.29, 1.82) is 0 Å². The molecule has 0 radical (unpaired) electrons. The molecule has 0 aromatic heterocycles. The van der Waals surface area contributed by atoms with Crippen LogP contribution in [0, 0.1) is 5.92 Å². The summed E-state index contributed by atoms with van der Waals surface area (Å²) in [7, 11) is 0. The molecule has 0 aliphatic heterocycles. The van der Waals surface area contributed by atoms with E-state index in [9.17, 15) is 4.79 Å². The van der Waals surface area contributed by atoms with Gasteiger partial charge in [0.05, 0.1) is 11.1 Å². The summed E-state index contributed by atoms with van der Waals surface area (Å²) in [5, 5.41) is 8.81. The molecular formula is C8H12N2O2. The van der Waals surface area contributed by atoms with Crippen molar-refractivity contribution in [3.63, 3.8) is 0 Å². The van der Waals surface area contributed by atoms with Crippen LogP contribution in [0.5, 0.6) is 0 Å². The SMILES string of the molecule is C=NC1(C)C(C(=O)O)C1(C)N=C. The van der Waals surface area contributed by atoms with Gasteiger partial charge in [-0.25, -0.2) is 0 Å². The Labute approximate surface area is 71.0 Å². The van der Waals surface area contributed by atoms with Gasteiger partial charge < -0.3 is 5.11 Å². The lowest BCUT2D eigenvalue weighted by atomic mass is 10.2. The number of aliphatic carboxylic acids is 1. The molecule has 2 unspecified atom stereocenters. The molecule has 1 saturated carbocycles. The third-order valence-electron chi connectivity index (χ3n) is 2.97. The van der Waals surface area contributed by atoms with Crippen LogP contribution in [0.1, 0.15) is 13.8 Å². The van der Waals surface area contributed by atoms with Crippen LogP contribution >= 0.6 is 0 Å². The minimum absolute atomic E-state index is 0.583. The van der Waals surface area contributed by atoms with Gasteiger partial charge in [-0.05, 0) is 27.3 Å². The van der Waals surface area contributed by atoms with Crippen molar-refractivity contribution in [2.24, 2.45) is 15.9 Å².